The van der Waals surface area contributed by atoms with E-state index >= 15 is 0 Å². The summed E-state index contributed by atoms with van der Waals surface area (Å²) in [7, 11) is 0. The zero-order valence-corrected chi connectivity index (χ0v) is 7.86. The van der Waals surface area contributed by atoms with Crippen molar-refractivity contribution >= 4 is 5.78 Å². The van der Waals surface area contributed by atoms with Crippen LogP contribution in [-0.2, 0) is 4.79 Å². The number of rotatable bonds is 3. The minimum atomic E-state index is -4.09. The van der Waals surface area contributed by atoms with Crippen molar-refractivity contribution < 1.29 is 18.0 Å². The van der Waals surface area contributed by atoms with Crippen LogP contribution in [0.15, 0.2) is 0 Å². The quantitative estimate of drug-likeness (QED) is 0.769. The Morgan fingerprint density at radius 1 is 1.43 bits per heavy atom. The van der Waals surface area contributed by atoms with Crippen molar-refractivity contribution in [2.24, 2.45) is 5.92 Å². The number of carbonyl (C=O) groups is 1. The number of hydrogen-bond acceptors (Lipinski definition) is 2. The monoisotopic (exact) mass is 209 g/mol. The van der Waals surface area contributed by atoms with Crippen molar-refractivity contribution in [3.63, 3.8) is 0 Å². The molecule has 0 aromatic rings. The van der Waals surface area contributed by atoms with Crippen LogP contribution in [0.4, 0.5) is 13.2 Å². The molecule has 1 aliphatic rings. The van der Waals surface area contributed by atoms with E-state index in [9.17, 15) is 18.0 Å². The van der Waals surface area contributed by atoms with Gasteiger partial charge in [-0.3, -0.25) is 4.79 Å². The zero-order valence-electron chi connectivity index (χ0n) is 7.86. The minimum Gasteiger partial charge on any atom is -0.316 e. The second-order valence-corrected chi connectivity index (χ2v) is 3.62. The highest BCUT2D eigenvalue weighted by Crippen LogP contribution is 2.24. The topological polar surface area (TPSA) is 29.1 Å². The predicted octanol–water partition coefficient (Wildman–Crippen LogP) is 1.90. The van der Waals surface area contributed by atoms with Crippen LogP contribution in [0.1, 0.15) is 25.7 Å². The predicted molar refractivity (Wildman–Crippen MR) is 45.9 cm³/mol. The molecule has 1 heterocycles. The maximum atomic E-state index is 11.8. The molecule has 1 rings (SSSR count). The fraction of sp³-hybridized carbons (Fsp3) is 0.889. The summed E-state index contributed by atoms with van der Waals surface area (Å²) in [6.07, 6.45) is -4.01. The van der Waals surface area contributed by atoms with E-state index in [0.29, 0.717) is 25.9 Å². The van der Waals surface area contributed by atoms with Gasteiger partial charge in [-0.25, -0.2) is 0 Å². The van der Waals surface area contributed by atoms with E-state index in [2.05, 4.69) is 5.32 Å². The molecule has 0 bridgehead atoms. The van der Waals surface area contributed by atoms with Gasteiger partial charge in [0, 0.05) is 31.8 Å². The molecule has 0 aromatic carbocycles. The Morgan fingerprint density at radius 2 is 2.14 bits per heavy atom. The van der Waals surface area contributed by atoms with E-state index in [-0.39, 0.29) is 18.1 Å². The van der Waals surface area contributed by atoms with Crippen molar-refractivity contribution in [2.75, 3.05) is 13.1 Å². The van der Waals surface area contributed by atoms with Crippen molar-refractivity contribution in [1.82, 2.24) is 5.32 Å². The summed E-state index contributed by atoms with van der Waals surface area (Å²) in [5.74, 6) is -0.1000. The van der Waals surface area contributed by atoms with Gasteiger partial charge in [0.1, 0.15) is 5.78 Å². The third-order valence-electron chi connectivity index (χ3n) is 2.41. The van der Waals surface area contributed by atoms with Gasteiger partial charge in [0.25, 0.3) is 0 Å². The fourth-order valence-corrected chi connectivity index (χ4v) is 1.62. The lowest BCUT2D eigenvalue weighted by Gasteiger charge is -2.21. The van der Waals surface area contributed by atoms with Crippen molar-refractivity contribution in [3.8, 4) is 0 Å². The second kappa shape index (κ2) is 4.77. The van der Waals surface area contributed by atoms with Crippen molar-refractivity contribution in [3.05, 3.63) is 0 Å². The van der Waals surface area contributed by atoms with Crippen LogP contribution in [0.25, 0.3) is 0 Å². The van der Waals surface area contributed by atoms with Gasteiger partial charge in [-0.05, 0) is 12.8 Å². The van der Waals surface area contributed by atoms with E-state index in [1.807, 2.05) is 0 Å². The summed E-state index contributed by atoms with van der Waals surface area (Å²) in [5.41, 5.74) is 0. The fourth-order valence-electron chi connectivity index (χ4n) is 1.62. The Labute approximate surface area is 80.9 Å². The third-order valence-corrected chi connectivity index (χ3v) is 2.41. The normalized spacial score (nSPS) is 23.9. The van der Waals surface area contributed by atoms with Crippen LogP contribution < -0.4 is 5.32 Å². The van der Waals surface area contributed by atoms with E-state index < -0.39 is 12.6 Å². The Kier molecular flexibility index (Phi) is 3.92. The van der Waals surface area contributed by atoms with E-state index in [1.54, 1.807) is 0 Å². The minimum absolute atomic E-state index is 0.0571. The van der Waals surface area contributed by atoms with Gasteiger partial charge in [0.15, 0.2) is 0 Å². The molecule has 0 spiro atoms. The molecule has 0 aliphatic carbocycles. The number of halogens is 3. The first-order valence-electron chi connectivity index (χ1n) is 4.79. The Bertz CT molecular complexity index is 203. The molecule has 2 nitrogen and oxygen atoms in total. The van der Waals surface area contributed by atoms with Gasteiger partial charge in [0.05, 0.1) is 0 Å². The number of nitrogens with one attached hydrogen (secondary N) is 1. The van der Waals surface area contributed by atoms with Crippen LogP contribution in [0.3, 0.4) is 0 Å². The molecule has 1 fully saturated rings. The summed E-state index contributed by atoms with van der Waals surface area (Å²) < 4.78 is 35.4. The number of alkyl halides is 3. The Morgan fingerprint density at radius 3 is 2.71 bits per heavy atom. The molecule has 0 aromatic heterocycles. The lowest BCUT2D eigenvalue weighted by atomic mass is 9.92. The lowest BCUT2D eigenvalue weighted by molar-refractivity contribution is -0.137. The average molecular weight is 209 g/mol. The maximum absolute atomic E-state index is 11.8. The highest BCUT2D eigenvalue weighted by atomic mass is 19.4. The highest BCUT2D eigenvalue weighted by Gasteiger charge is 2.28. The van der Waals surface area contributed by atoms with Crippen LogP contribution in [0.5, 0.6) is 0 Å². The van der Waals surface area contributed by atoms with Crippen LogP contribution in [-0.4, -0.2) is 25.0 Å². The van der Waals surface area contributed by atoms with Gasteiger partial charge >= 0.3 is 6.18 Å². The molecule has 1 atom stereocenters. The smallest absolute Gasteiger partial charge is 0.316 e. The zero-order chi connectivity index (χ0) is 10.6. The summed E-state index contributed by atoms with van der Waals surface area (Å²) in [6.45, 7) is 1.20. The van der Waals surface area contributed by atoms with Crippen LogP contribution >= 0.6 is 0 Å². The number of Topliss-reactive ketones (excluding diaryl/α,β-unsaturated/α-hetero) is 1. The first-order valence-corrected chi connectivity index (χ1v) is 4.79. The highest BCUT2D eigenvalue weighted by molar-refractivity contribution is 5.82. The molecule has 0 amide bonds. The van der Waals surface area contributed by atoms with Crippen molar-refractivity contribution in [2.45, 2.75) is 31.9 Å². The van der Waals surface area contributed by atoms with Crippen LogP contribution in [0, 0.1) is 5.92 Å². The van der Waals surface area contributed by atoms with E-state index in [0.717, 1.165) is 0 Å². The molecule has 1 N–H and O–H groups in total. The van der Waals surface area contributed by atoms with Gasteiger partial charge in [-0.15, -0.1) is 0 Å². The Hall–Kier alpha value is -0.580. The van der Waals surface area contributed by atoms with E-state index in [4.69, 9.17) is 0 Å². The average Bonchev–Trinajstić information content (AvgIpc) is 2.06. The summed E-state index contributed by atoms with van der Waals surface area (Å²) >= 11 is 0. The molecule has 1 saturated heterocycles. The summed E-state index contributed by atoms with van der Waals surface area (Å²) in [5, 5.41) is 3.01. The standard InChI is InChI=1S/C9H14F3NO/c10-9(11,12)4-1-2-7-6-13-5-3-8(7)14/h7,13H,1-6H2. The molecule has 5 heteroatoms. The van der Waals surface area contributed by atoms with Crippen molar-refractivity contribution in [1.29, 1.82) is 0 Å². The molecule has 1 aliphatic heterocycles. The second-order valence-electron chi connectivity index (χ2n) is 3.62. The molecular formula is C9H14F3NO. The van der Waals surface area contributed by atoms with Gasteiger partial charge in [0.2, 0.25) is 0 Å². The molecule has 0 radical (unpaired) electrons. The van der Waals surface area contributed by atoms with E-state index in [1.165, 1.54) is 0 Å². The maximum Gasteiger partial charge on any atom is 0.389 e. The lowest BCUT2D eigenvalue weighted by Crippen LogP contribution is -2.36. The number of hydrogen-bond donors (Lipinski definition) is 1. The van der Waals surface area contributed by atoms with Crippen LogP contribution in [0.2, 0.25) is 0 Å². The molecule has 82 valence electrons. The van der Waals surface area contributed by atoms with Gasteiger partial charge in [-0.2, -0.15) is 13.2 Å². The summed E-state index contributed by atoms with van der Waals surface area (Å²) in [4.78, 5) is 11.2. The molecule has 1 unspecified atom stereocenters. The SMILES string of the molecule is O=C1CCNCC1CCCC(F)(F)F. The number of ketones is 1. The van der Waals surface area contributed by atoms with Gasteiger partial charge in [-0.1, -0.05) is 0 Å². The number of carbonyl (C=O) groups excluding carboxylic acids is 1. The first kappa shape index (κ1) is 11.5. The van der Waals surface area contributed by atoms with Gasteiger partial charge < -0.3 is 5.32 Å². The molecule has 0 saturated carbocycles. The summed E-state index contributed by atoms with van der Waals surface area (Å²) in [6, 6.07) is 0. The third kappa shape index (κ3) is 4.09. The first-order chi connectivity index (χ1) is 6.49. The number of piperidine rings is 1. The largest absolute Gasteiger partial charge is 0.389 e. The Balaban J connectivity index is 2.20. The molecule has 14 heavy (non-hydrogen) atoms. The molecular weight excluding hydrogens is 195 g/mol.